The van der Waals surface area contributed by atoms with E-state index in [-0.39, 0.29) is 5.84 Å². The normalized spacial score (nSPS) is 17.9. The lowest BCUT2D eigenvalue weighted by Gasteiger charge is -2.27. The van der Waals surface area contributed by atoms with Gasteiger partial charge in [0, 0.05) is 25.8 Å². The van der Waals surface area contributed by atoms with Crippen LogP contribution in [0.4, 0.5) is 0 Å². The third-order valence-corrected chi connectivity index (χ3v) is 3.09. The van der Waals surface area contributed by atoms with Crippen LogP contribution in [0.25, 0.3) is 0 Å². The molecule has 1 fully saturated rings. The van der Waals surface area contributed by atoms with Crippen molar-refractivity contribution in [2.24, 2.45) is 10.9 Å². The lowest BCUT2D eigenvalue weighted by atomic mass is 10.1. The molecule has 0 aromatic carbocycles. The average Bonchev–Trinajstić information content (AvgIpc) is 2.45. The Labute approximate surface area is 106 Å². The summed E-state index contributed by atoms with van der Waals surface area (Å²) in [4.78, 5) is 4.14. The van der Waals surface area contributed by atoms with E-state index in [9.17, 15) is 0 Å². The van der Waals surface area contributed by atoms with E-state index in [0.717, 1.165) is 18.7 Å². The summed E-state index contributed by atoms with van der Waals surface area (Å²) in [5.74, 6) is 0.0473. The molecule has 0 amide bonds. The molecule has 0 saturated carbocycles. The summed E-state index contributed by atoms with van der Waals surface area (Å²) in [6.45, 7) is 2.78. The van der Waals surface area contributed by atoms with Gasteiger partial charge in [-0.1, -0.05) is 17.6 Å². The van der Waals surface area contributed by atoms with Gasteiger partial charge in [-0.25, -0.2) is 5.01 Å². The lowest BCUT2D eigenvalue weighted by Crippen LogP contribution is -2.41. The van der Waals surface area contributed by atoms with E-state index in [1.54, 1.807) is 6.20 Å². The van der Waals surface area contributed by atoms with Crippen LogP contribution in [0, 0.1) is 0 Å². The molecule has 6 heteroatoms. The third kappa shape index (κ3) is 3.18. The zero-order chi connectivity index (χ0) is 12.8. The number of aromatic nitrogens is 1. The van der Waals surface area contributed by atoms with Gasteiger partial charge in [-0.15, -0.1) is 0 Å². The minimum Gasteiger partial charge on any atom is -0.409 e. The molecule has 1 aromatic rings. The number of piperidine rings is 1. The maximum Gasteiger partial charge on any atom is 0.189 e. The second-order valence-electron chi connectivity index (χ2n) is 4.38. The molecule has 0 bridgehead atoms. The van der Waals surface area contributed by atoms with Crippen LogP contribution in [0.5, 0.6) is 0 Å². The maximum absolute atomic E-state index is 8.72. The molecule has 0 unspecified atom stereocenters. The van der Waals surface area contributed by atoms with Gasteiger partial charge in [0.25, 0.3) is 0 Å². The zero-order valence-electron chi connectivity index (χ0n) is 10.3. The molecule has 1 saturated heterocycles. The Morgan fingerprint density at radius 3 is 2.94 bits per heavy atom. The highest BCUT2D eigenvalue weighted by molar-refractivity contribution is 5.96. The van der Waals surface area contributed by atoms with Gasteiger partial charge in [-0.3, -0.25) is 10.4 Å². The first-order chi connectivity index (χ1) is 8.81. The molecule has 2 rings (SSSR count). The molecule has 6 nitrogen and oxygen atoms in total. The van der Waals surface area contributed by atoms with E-state index >= 15 is 0 Å². The molecular weight excluding hydrogens is 230 g/mol. The predicted molar refractivity (Wildman–Crippen MR) is 69.0 cm³/mol. The van der Waals surface area contributed by atoms with Crippen molar-refractivity contribution < 1.29 is 5.21 Å². The Hall–Kier alpha value is -1.66. The minimum absolute atomic E-state index is 0.0473. The highest BCUT2D eigenvalue weighted by Gasteiger charge is 2.12. The number of pyridine rings is 1. The SMILES string of the molecule is N/C(=N/O)c1ncccc1CNN1CCCCC1. The number of hydrogen-bond acceptors (Lipinski definition) is 5. The summed E-state index contributed by atoms with van der Waals surface area (Å²) in [7, 11) is 0. The van der Waals surface area contributed by atoms with Crippen molar-refractivity contribution in [3.8, 4) is 0 Å². The van der Waals surface area contributed by atoms with Crippen LogP contribution < -0.4 is 11.2 Å². The summed E-state index contributed by atoms with van der Waals surface area (Å²) in [5, 5.41) is 13.9. The van der Waals surface area contributed by atoms with Crippen molar-refractivity contribution in [1.29, 1.82) is 0 Å². The number of nitrogens with zero attached hydrogens (tertiary/aromatic N) is 3. The van der Waals surface area contributed by atoms with Crippen molar-refractivity contribution in [2.75, 3.05) is 13.1 Å². The van der Waals surface area contributed by atoms with Gasteiger partial charge < -0.3 is 10.9 Å². The molecule has 4 N–H and O–H groups in total. The Morgan fingerprint density at radius 2 is 2.22 bits per heavy atom. The molecule has 1 aliphatic rings. The highest BCUT2D eigenvalue weighted by atomic mass is 16.4. The van der Waals surface area contributed by atoms with Gasteiger partial charge in [0.05, 0.1) is 0 Å². The fraction of sp³-hybridized carbons (Fsp3) is 0.500. The van der Waals surface area contributed by atoms with Crippen molar-refractivity contribution in [3.05, 3.63) is 29.6 Å². The summed E-state index contributed by atoms with van der Waals surface area (Å²) < 4.78 is 0. The monoisotopic (exact) mass is 249 g/mol. The van der Waals surface area contributed by atoms with Gasteiger partial charge >= 0.3 is 0 Å². The molecule has 1 aliphatic heterocycles. The van der Waals surface area contributed by atoms with E-state index < -0.39 is 0 Å². The van der Waals surface area contributed by atoms with Crippen LogP contribution in [0.2, 0.25) is 0 Å². The molecule has 0 atom stereocenters. The standard InChI is InChI=1S/C12H19N5O/c13-12(16-18)11-10(5-4-6-14-11)9-15-17-7-2-1-3-8-17/h4-6,15,18H,1-3,7-9H2,(H2,13,16). The van der Waals surface area contributed by atoms with E-state index in [1.165, 1.54) is 19.3 Å². The van der Waals surface area contributed by atoms with Gasteiger partial charge in [-0.05, 0) is 24.5 Å². The van der Waals surface area contributed by atoms with E-state index in [1.807, 2.05) is 12.1 Å². The van der Waals surface area contributed by atoms with Gasteiger partial charge in [0.2, 0.25) is 0 Å². The fourth-order valence-corrected chi connectivity index (χ4v) is 2.11. The number of hydrogen-bond donors (Lipinski definition) is 3. The molecule has 98 valence electrons. The average molecular weight is 249 g/mol. The minimum atomic E-state index is 0.0473. The molecule has 18 heavy (non-hydrogen) atoms. The number of oxime groups is 1. The smallest absolute Gasteiger partial charge is 0.189 e. The first-order valence-corrected chi connectivity index (χ1v) is 6.21. The van der Waals surface area contributed by atoms with Crippen LogP contribution in [0.15, 0.2) is 23.5 Å². The Balaban J connectivity index is 2.00. The highest BCUT2D eigenvalue weighted by Crippen LogP contribution is 2.08. The van der Waals surface area contributed by atoms with E-state index in [4.69, 9.17) is 10.9 Å². The Morgan fingerprint density at radius 1 is 1.44 bits per heavy atom. The van der Waals surface area contributed by atoms with Crippen molar-refractivity contribution in [2.45, 2.75) is 25.8 Å². The number of nitrogens with one attached hydrogen (secondary N) is 1. The van der Waals surface area contributed by atoms with E-state index in [0.29, 0.717) is 12.2 Å². The van der Waals surface area contributed by atoms with Crippen molar-refractivity contribution >= 4 is 5.84 Å². The fourth-order valence-electron chi connectivity index (χ4n) is 2.11. The summed E-state index contributed by atoms with van der Waals surface area (Å²) in [5.41, 5.74) is 10.4. The molecule has 0 aliphatic carbocycles. The zero-order valence-corrected chi connectivity index (χ0v) is 10.3. The largest absolute Gasteiger partial charge is 0.409 e. The van der Waals surface area contributed by atoms with Crippen LogP contribution in [-0.4, -0.2) is 34.1 Å². The predicted octanol–water partition coefficient (Wildman–Crippen LogP) is 0.667. The number of rotatable bonds is 4. The third-order valence-electron chi connectivity index (χ3n) is 3.09. The van der Waals surface area contributed by atoms with Gasteiger partial charge in [-0.2, -0.15) is 0 Å². The Kier molecular flexibility index (Phi) is 4.49. The van der Waals surface area contributed by atoms with Crippen LogP contribution in [0.3, 0.4) is 0 Å². The molecule has 1 aromatic heterocycles. The number of nitrogens with two attached hydrogens (primary N) is 1. The Bertz CT molecular complexity index is 415. The molecule has 0 spiro atoms. The second-order valence-corrected chi connectivity index (χ2v) is 4.38. The molecule has 2 heterocycles. The van der Waals surface area contributed by atoms with Crippen molar-refractivity contribution in [1.82, 2.24) is 15.4 Å². The van der Waals surface area contributed by atoms with Gasteiger partial charge in [0.15, 0.2) is 5.84 Å². The lowest BCUT2D eigenvalue weighted by molar-refractivity contribution is 0.151. The topological polar surface area (TPSA) is 86.8 Å². The van der Waals surface area contributed by atoms with Crippen LogP contribution in [-0.2, 0) is 6.54 Å². The molecular formula is C12H19N5O. The number of amidine groups is 1. The summed E-state index contributed by atoms with van der Waals surface area (Å²) in [6, 6.07) is 3.78. The van der Waals surface area contributed by atoms with Gasteiger partial charge in [0.1, 0.15) is 5.69 Å². The number of hydrazine groups is 1. The second kappa shape index (κ2) is 6.32. The summed E-state index contributed by atoms with van der Waals surface area (Å²) >= 11 is 0. The first kappa shape index (κ1) is 12.8. The first-order valence-electron chi connectivity index (χ1n) is 6.21. The summed E-state index contributed by atoms with van der Waals surface area (Å²) in [6.07, 6.45) is 5.40. The van der Waals surface area contributed by atoms with Crippen LogP contribution in [0.1, 0.15) is 30.5 Å². The maximum atomic E-state index is 8.72. The quantitative estimate of drug-likeness (QED) is 0.316. The van der Waals surface area contributed by atoms with E-state index in [2.05, 4.69) is 20.6 Å². The van der Waals surface area contributed by atoms with Crippen molar-refractivity contribution in [3.63, 3.8) is 0 Å². The van der Waals surface area contributed by atoms with Crippen LogP contribution >= 0.6 is 0 Å². The molecule has 0 radical (unpaired) electrons.